The second-order valence-corrected chi connectivity index (χ2v) is 2.70. The Labute approximate surface area is 74.1 Å². The molecule has 0 saturated carbocycles. The highest BCUT2D eigenvalue weighted by Crippen LogP contribution is 2.36. The number of benzene rings is 1. The van der Waals surface area contributed by atoms with Gasteiger partial charge >= 0.3 is 6.18 Å². The molecule has 0 unspecified atom stereocenters. The van der Waals surface area contributed by atoms with Gasteiger partial charge in [0.25, 0.3) is 0 Å². The first kappa shape index (κ1) is 9.89. The van der Waals surface area contributed by atoms with Crippen LogP contribution in [-0.4, -0.2) is 7.11 Å². The van der Waals surface area contributed by atoms with Gasteiger partial charge in [0.1, 0.15) is 5.75 Å². The molecular formula is C9H9F3O. The molecule has 0 atom stereocenters. The van der Waals surface area contributed by atoms with Gasteiger partial charge in [-0.3, -0.25) is 0 Å². The van der Waals surface area contributed by atoms with Gasteiger partial charge in [0, 0.05) is 0 Å². The minimum absolute atomic E-state index is 0.141. The molecule has 0 fully saturated rings. The maximum Gasteiger partial charge on any atom is 0.419 e. The predicted octanol–water partition coefficient (Wildman–Crippen LogP) is 3.02. The zero-order valence-corrected chi connectivity index (χ0v) is 7.27. The zero-order chi connectivity index (χ0) is 10.1. The Hall–Kier alpha value is -1.19. The molecule has 0 aliphatic heterocycles. The average Bonchev–Trinajstić information content (AvgIpc) is 2.03. The maximum atomic E-state index is 12.3. The second-order valence-electron chi connectivity index (χ2n) is 2.70. The van der Waals surface area contributed by atoms with Crippen LogP contribution in [0.4, 0.5) is 13.2 Å². The Kier molecular flexibility index (Phi) is 2.50. The molecule has 1 nitrogen and oxygen atoms in total. The minimum Gasteiger partial charge on any atom is -0.496 e. The van der Waals surface area contributed by atoms with E-state index in [0.29, 0.717) is 5.56 Å². The number of alkyl halides is 3. The molecule has 0 N–H and O–H groups in total. The first-order valence-electron chi connectivity index (χ1n) is 3.67. The summed E-state index contributed by atoms with van der Waals surface area (Å²) in [5.74, 6) is -0.141. The number of hydrogen-bond donors (Lipinski definition) is 0. The normalized spacial score (nSPS) is 11.5. The lowest BCUT2D eigenvalue weighted by Gasteiger charge is -2.11. The van der Waals surface area contributed by atoms with Gasteiger partial charge < -0.3 is 4.74 Å². The molecule has 1 aromatic rings. The van der Waals surface area contributed by atoms with E-state index in [0.717, 1.165) is 6.07 Å². The van der Waals surface area contributed by atoms with Crippen LogP contribution in [-0.2, 0) is 6.18 Å². The second kappa shape index (κ2) is 3.28. The molecule has 0 bridgehead atoms. The van der Waals surface area contributed by atoms with Crippen molar-refractivity contribution in [2.75, 3.05) is 7.11 Å². The van der Waals surface area contributed by atoms with E-state index in [-0.39, 0.29) is 5.75 Å². The third-order valence-corrected chi connectivity index (χ3v) is 1.66. The quantitative estimate of drug-likeness (QED) is 0.661. The Morgan fingerprint density at radius 1 is 1.23 bits per heavy atom. The Balaban J connectivity index is 3.24. The van der Waals surface area contributed by atoms with Crippen LogP contribution in [0.2, 0.25) is 0 Å². The molecule has 0 aliphatic carbocycles. The van der Waals surface area contributed by atoms with Crippen molar-refractivity contribution in [3.05, 3.63) is 29.3 Å². The lowest BCUT2D eigenvalue weighted by molar-refractivity contribution is -0.138. The number of methoxy groups -OCH3 is 1. The molecule has 13 heavy (non-hydrogen) atoms. The number of ether oxygens (including phenoxy) is 1. The molecular weight excluding hydrogens is 181 g/mol. The van der Waals surface area contributed by atoms with Gasteiger partial charge in [0.05, 0.1) is 12.7 Å². The van der Waals surface area contributed by atoms with Crippen LogP contribution in [0.25, 0.3) is 0 Å². The Morgan fingerprint density at radius 3 is 2.31 bits per heavy atom. The molecule has 0 amide bonds. The standard InChI is InChI=1S/C9H9F3O/c1-6-3-4-8(13-2)7(5-6)9(10,11)12/h3-5H,1-2H3. The third kappa shape index (κ3) is 2.14. The van der Waals surface area contributed by atoms with Crippen LogP contribution in [0.1, 0.15) is 11.1 Å². The van der Waals surface area contributed by atoms with Crippen LogP contribution in [0.15, 0.2) is 18.2 Å². The lowest BCUT2D eigenvalue weighted by atomic mass is 10.1. The molecule has 0 aliphatic rings. The van der Waals surface area contributed by atoms with E-state index in [1.165, 1.54) is 13.2 Å². The minimum atomic E-state index is -4.35. The van der Waals surface area contributed by atoms with Gasteiger partial charge in [-0.2, -0.15) is 13.2 Å². The highest BCUT2D eigenvalue weighted by atomic mass is 19.4. The highest BCUT2D eigenvalue weighted by Gasteiger charge is 2.34. The van der Waals surface area contributed by atoms with E-state index in [4.69, 9.17) is 0 Å². The molecule has 1 aromatic carbocycles. The topological polar surface area (TPSA) is 9.23 Å². The number of hydrogen-bond acceptors (Lipinski definition) is 1. The van der Waals surface area contributed by atoms with Crippen LogP contribution < -0.4 is 4.74 Å². The average molecular weight is 190 g/mol. The summed E-state index contributed by atoms with van der Waals surface area (Å²) < 4.78 is 41.6. The van der Waals surface area contributed by atoms with E-state index < -0.39 is 11.7 Å². The van der Waals surface area contributed by atoms with E-state index in [1.54, 1.807) is 13.0 Å². The van der Waals surface area contributed by atoms with Crippen LogP contribution in [0.5, 0.6) is 5.75 Å². The van der Waals surface area contributed by atoms with Gasteiger partial charge in [0.15, 0.2) is 0 Å². The summed E-state index contributed by atoms with van der Waals surface area (Å²) >= 11 is 0. The molecule has 4 heteroatoms. The van der Waals surface area contributed by atoms with E-state index in [2.05, 4.69) is 4.74 Å². The molecule has 0 aromatic heterocycles. The molecule has 1 rings (SSSR count). The molecule has 72 valence electrons. The van der Waals surface area contributed by atoms with Gasteiger partial charge in [-0.05, 0) is 19.1 Å². The van der Waals surface area contributed by atoms with Gasteiger partial charge in [-0.15, -0.1) is 0 Å². The summed E-state index contributed by atoms with van der Waals surface area (Å²) in [6, 6.07) is 3.96. The Bertz CT molecular complexity index is 304. The molecule has 0 saturated heterocycles. The lowest BCUT2D eigenvalue weighted by Crippen LogP contribution is -2.07. The van der Waals surface area contributed by atoms with Crippen molar-refractivity contribution in [2.24, 2.45) is 0 Å². The summed E-state index contributed by atoms with van der Waals surface area (Å²) in [6.07, 6.45) is -4.35. The fourth-order valence-electron chi connectivity index (χ4n) is 1.04. The fourth-order valence-corrected chi connectivity index (χ4v) is 1.04. The van der Waals surface area contributed by atoms with Crippen molar-refractivity contribution in [3.63, 3.8) is 0 Å². The number of aryl methyl sites for hydroxylation is 1. The third-order valence-electron chi connectivity index (χ3n) is 1.66. The first-order chi connectivity index (χ1) is 5.95. The van der Waals surface area contributed by atoms with Crippen molar-refractivity contribution in [2.45, 2.75) is 13.1 Å². The summed E-state index contributed by atoms with van der Waals surface area (Å²) in [5, 5.41) is 0. The predicted molar refractivity (Wildman–Crippen MR) is 42.7 cm³/mol. The van der Waals surface area contributed by atoms with Gasteiger partial charge in [-0.1, -0.05) is 11.6 Å². The van der Waals surface area contributed by atoms with Crippen LogP contribution >= 0.6 is 0 Å². The largest absolute Gasteiger partial charge is 0.496 e. The SMILES string of the molecule is COc1ccc(C)cc1C(F)(F)F. The van der Waals surface area contributed by atoms with E-state index >= 15 is 0 Å². The van der Waals surface area contributed by atoms with E-state index in [9.17, 15) is 13.2 Å². The first-order valence-corrected chi connectivity index (χ1v) is 3.67. The number of rotatable bonds is 1. The van der Waals surface area contributed by atoms with Crippen molar-refractivity contribution in [1.29, 1.82) is 0 Å². The summed E-state index contributed by atoms with van der Waals surface area (Å²) in [4.78, 5) is 0. The zero-order valence-electron chi connectivity index (χ0n) is 7.27. The van der Waals surface area contributed by atoms with Crippen LogP contribution in [0.3, 0.4) is 0 Å². The monoisotopic (exact) mass is 190 g/mol. The molecule has 0 heterocycles. The smallest absolute Gasteiger partial charge is 0.419 e. The molecule has 0 spiro atoms. The van der Waals surface area contributed by atoms with E-state index in [1.807, 2.05) is 0 Å². The van der Waals surface area contributed by atoms with Gasteiger partial charge in [0.2, 0.25) is 0 Å². The van der Waals surface area contributed by atoms with Crippen molar-refractivity contribution < 1.29 is 17.9 Å². The van der Waals surface area contributed by atoms with Crippen molar-refractivity contribution in [3.8, 4) is 5.75 Å². The Morgan fingerprint density at radius 2 is 1.85 bits per heavy atom. The highest BCUT2D eigenvalue weighted by molar-refractivity contribution is 5.38. The van der Waals surface area contributed by atoms with Gasteiger partial charge in [-0.25, -0.2) is 0 Å². The molecule has 0 radical (unpaired) electrons. The van der Waals surface area contributed by atoms with Crippen molar-refractivity contribution in [1.82, 2.24) is 0 Å². The van der Waals surface area contributed by atoms with Crippen LogP contribution in [0, 0.1) is 6.92 Å². The fraction of sp³-hybridized carbons (Fsp3) is 0.333. The number of halogens is 3. The summed E-state index contributed by atoms with van der Waals surface area (Å²) in [7, 11) is 1.22. The summed E-state index contributed by atoms with van der Waals surface area (Å²) in [6.45, 7) is 1.61. The van der Waals surface area contributed by atoms with Crippen molar-refractivity contribution >= 4 is 0 Å². The maximum absolute atomic E-state index is 12.3. The summed E-state index contributed by atoms with van der Waals surface area (Å²) in [5.41, 5.74) is -0.164.